The van der Waals surface area contributed by atoms with Gasteiger partial charge in [-0.3, -0.25) is 0 Å². The summed E-state index contributed by atoms with van der Waals surface area (Å²) in [4.78, 5) is 0. The minimum Gasteiger partial charge on any atom is -0.504 e. The number of benzene rings is 1. The van der Waals surface area contributed by atoms with Gasteiger partial charge in [-0.2, -0.15) is 13.2 Å². The molecule has 0 heterocycles. The van der Waals surface area contributed by atoms with Crippen LogP contribution in [0.1, 0.15) is 31.2 Å². The average Bonchev–Trinajstić information content (AvgIpc) is 2.45. The summed E-state index contributed by atoms with van der Waals surface area (Å²) in [5.74, 6) is -1.00. The highest BCUT2D eigenvalue weighted by Crippen LogP contribution is 2.38. The molecule has 1 aromatic carbocycles. The summed E-state index contributed by atoms with van der Waals surface area (Å²) in [6.07, 6.45) is -2.07. The second-order valence-corrected chi connectivity index (χ2v) is 5.39. The van der Waals surface area contributed by atoms with E-state index < -0.39 is 18.1 Å². The van der Waals surface area contributed by atoms with Crippen LogP contribution in [0, 0.1) is 5.92 Å². The van der Waals surface area contributed by atoms with Crippen molar-refractivity contribution in [3.63, 3.8) is 0 Å². The first-order chi connectivity index (χ1) is 9.93. The Hall–Kier alpha value is -1.43. The van der Waals surface area contributed by atoms with Crippen LogP contribution in [0.15, 0.2) is 18.2 Å². The molecule has 2 atom stereocenters. The Morgan fingerprint density at radius 3 is 2.67 bits per heavy atom. The van der Waals surface area contributed by atoms with Gasteiger partial charge in [0, 0.05) is 18.2 Å². The van der Waals surface area contributed by atoms with Crippen LogP contribution in [0.5, 0.6) is 11.5 Å². The van der Waals surface area contributed by atoms with Crippen LogP contribution in [-0.4, -0.2) is 24.4 Å². The van der Waals surface area contributed by atoms with Crippen molar-refractivity contribution >= 4 is 0 Å². The highest BCUT2D eigenvalue weighted by atomic mass is 19.4. The first-order valence-electron chi connectivity index (χ1n) is 7.08. The molecule has 118 valence electrons. The SMILES string of the molecule is COc1cccc(CNC2CCCCC2C(F)(F)F)c1O. The molecule has 2 N–H and O–H groups in total. The van der Waals surface area contributed by atoms with Crippen molar-refractivity contribution in [3.05, 3.63) is 23.8 Å². The number of rotatable bonds is 4. The van der Waals surface area contributed by atoms with Crippen LogP contribution >= 0.6 is 0 Å². The third kappa shape index (κ3) is 3.81. The summed E-state index contributed by atoms with van der Waals surface area (Å²) >= 11 is 0. The zero-order valence-corrected chi connectivity index (χ0v) is 11.9. The van der Waals surface area contributed by atoms with Crippen LogP contribution < -0.4 is 10.1 Å². The van der Waals surface area contributed by atoms with Gasteiger partial charge in [-0.15, -0.1) is 0 Å². The van der Waals surface area contributed by atoms with Crippen molar-refractivity contribution in [2.75, 3.05) is 7.11 Å². The van der Waals surface area contributed by atoms with E-state index in [1.807, 2.05) is 0 Å². The summed E-state index contributed by atoms with van der Waals surface area (Å²) in [5.41, 5.74) is 0.542. The lowest BCUT2D eigenvalue weighted by atomic mass is 9.84. The van der Waals surface area contributed by atoms with Crippen molar-refractivity contribution in [2.24, 2.45) is 5.92 Å². The first-order valence-corrected chi connectivity index (χ1v) is 7.08. The second-order valence-electron chi connectivity index (χ2n) is 5.39. The predicted molar refractivity (Wildman–Crippen MR) is 73.3 cm³/mol. The third-order valence-corrected chi connectivity index (χ3v) is 4.04. The number of aromatic hydroxyl groups is 1. The van der Waals surface area contributed by atoms with Gasteiger partial charge in [0.1, 0.15) is 0 Å². The number of ether oxygens (including phenoxy) is 1. The number of alkyl halides is 3. The quantitative estimate of drug-likeness (QED) is 0.893. The summed E-state index contributed by atoms with van der Waals surface area (Å²) in [5, 5.41) is 12.9. The fourth-order valence-electron chi connectivity index (χ4n) is 2.88. The van der Waals surface area contributed by atoms with E-state index in [0.717, 1.165) is 6.42 Å². The Kier molecular flexibility index (Phi) is 4.98. The monoisotopic (exact) mass is 303 g/mol. The molecular formula is C15H20F3NO2. The van der Waals surface area contributed by atoms with Gasteiger partial charge in [0.15, 0.2) is 11.5 Å². The third-order valence-electron chi connectivity index (χ3n) is 4.04. The minimum atomic E-state index is -4.17. The maximum absolute atomic E-state index is 13.0. The molecule has 0 aromatic heterocycles. The maximum atomic E-state index is 13.0. The number of nitrogens with one attached hydrogen (secondary N) is 1. The zero-order valence-electron chi connectivity index (χ0n) is 11.9. The Morgan fingerprint density at radius 2 is 2.00 bits per heavy atom. The summed E-state index contributed by atoms with van der Waals surface area (Å²) in [6.45, 7) is 0.195. The topological polar surface area (TPSA) is 41.5 Å². The zero-order chi connectivity index (χ0) is 15.5. The number of methoxy groups -OCH3 is 1. The van der Waals surface area contributed by atoms with Crippen LogP contribution in [0.2, 0.25) is 0 Å². The molecule has 0 aliphatic heterocycles. The molecule has 6 heteroatoms. The van der Waals surface area contributed by atoms with Gasteiger partial charge >= 0.3 is 6.18 Å². The highest BCUT2D eigenvalue weighted by molar-refractivity contribution is 5.45. The minimum absolute atomic E-state index is 0.0214. The fourth-order valence-corrected chi connectivity index (χ4v) is 2.88. The Morgan fingerprint density at radius 1 is 1.29 bits per heavy atom. The number of para-hydroxylation sites is 1. The van der Waals surface area contributed by atoms with Crippen molar-refractivity contribution in [1.82, 2.24) is 5.32 Å². The number of phenolic OH excluding ortho intramolecular Hbond substituents is 1. The molecule has 3 nitrogen and oxygen atoms in total. The van der Waals surface area contributed by atoms with Crippen molar-refractivity contribution in [2.45, 2.75) is 44.4 Å². The number of hydrogen-bond donors (Lipinski definition) is 2. The standard InChI is InChI=1S/C15H20F3NO2/c1-21-13-8-4-5-10(14(13)20)9-19-12-7-3-2-6-11(12)15(16,17)18/h4-5,8,11-12,19-20H,2-3,6-7,9H2,1H3. The lowest BCUT2D eigenvalue weighted by molar-refractivity contribution is -0.189. The van der Waals surface area contributed by atoms with Gasteiger partial charge in [-0.25, -0.2) is 0 Å². The van der Waals surface area contributed by atoms with E-state index in [0.29, 0.717) is 24.2 Å². The smallest absolute Gasteiger partial charge is 0.393 e. The summed E-state index contributed by atoms with van der Waals surface area (Å²) in [7, 11) is 1.44. The molecule has 0 saturated heterocycles. The number of phenols is 1. The lowest BCUT2D eigenvalue weighted by Gasteiger charge is -2.33. The molecule has 1 aromatic rings. The van der Waals surface area contributed by atoms with Crippen LogP contribution in [-0.2, 0) is 6.54 Å². The molecule has 2 rings (SSSR count). The Balaban J connectivity index is 2.04. The van der Waals surface area contributed by atoms with Crippen molar-refractivity contribution in [3.8, 4) is 11.5 Å². The number of halogens is 3. The summed E-state index contributed by atoms with van der Waals surface area (Å²) < 4.78 is 44.0. The Bertz CT molecular complexity index is 476. The largest absolute Gasteiger partial charge is 0.504 e. The fraction of sp³-hybridized carbons (Fsp3) is 0.600. The maximum Gasteiger partial charge on any atom is 0.393 e. The number of hydrogen-bond acceptors (Lipinski definition) is 3. The van der Waals surface area contributed by atoms with Crippen molar-refractivity contribution < 1.29 is 23.0 Å². The molecule has 0 bridgehead atoms. The van der Waals surface area contributed by atoms with Crippen LogP contribution in [0.3, 0.4) is 0 Å². The van der Waals surface area contributed by atoms with E-state index in [1.54, 1.807) is 18.2 Å². The van der Waals surface area contributed by atoms with Gasteiger partial charge in [0.05, 0.1) is 13.0 Å². The van der Waals surface area contributed by atoms with Crippen LogP contribution in [0.4, 0.5) is 13.2 Å². The Labute approximate surface area is 122 Å². The van der Waals surface area contributed by atoms with E-state index in [9.17, 15) is 18.3 Å². The predicted octanol–water partition coefficient (Wildman–Crippen LogP) is 3.61. The van der Waals surface area contributed by atoms with Gasteiger partial charge in [0.25, 0.3) is 0 Å². The molecule has 1 aliphatic rings. The molecule has 0 amide bonds. The van der Waals surface area contributed by atoms with Gasteiger partial charge in [-0.1, -0.05) is 25.0 Å². The van der Waals surface area contributed by atoms with E-state index in [-0.39, 0.29) is 18.7 Å². The molecule has 0 spiro atoms. The molecule has 1 aliphatic carbocycles. The molecule has 21 heavy (non-hydrogen) atoms. The summed E-state index contributed by atoms with van der Waals surface area (Å²) in [6, 6.07) is 4.40. The first kappa shape index (κ1) is 15.9. The van der Waals surface area contributed by atoms with Gasteiger partial charge in [-0.05, 0) is 18.9 Å². The molecule has 1 fully saturated rings. The van der Waals surface area contributed by atoms with E-state index in [4.69, 9.17) is 4.74 Å². The van der Waals surface area contributed by atoms with E-state index in [1.165, 1.54) is 7.11 Å². The highest BCUT2D eigenvalue weighted by Gasteiger charge is 2.45. The second kappa shape index (κ2) is 6.56. The molecular weight excluding hydrogens is 283 g/mol. The molecule has 1 saturated carbocycles. The lowest BCUT2D eigenvalue weighted by Crippen LogP contribution is -2.45. The van der Waals surface area contributed by atoms with Crippen molar-refractivity contribution in [1.29, 1.82) is 0 Å². The van der Waals surface area contributed by atoms with Crippen LogP contribution in [0.25, 0.3) is 0 Å². The molecule has 0 radical (unpaired) electrons. The van der Waals surface area contributed by atoms with E-state index >= 15 is 0 Å². The van der Waals surface area contributed by atoms with E-state index in [2.05, 4.69) is 5.32 Å². The van der Waals surface area contributed by atoms with Gasteiger partial charge in [0.2, 0.25) is 0 Å². The normalized spacial score (nSPS) is 23.0. The van der Waals surface area contributed by atoms with Gasteiger partial charge < -0.3 is 15.2 Å². The average molecular weight is 303 g/mol. The molecule has 2 unspecified atom stereocenters.